The van der Waals surface area contributed by atoms with Gasteiger partial charge in [0.05, 0.1) is 12.6 Å². The topological polar surface area (TPSA) is 75.4 Å². The summed E-state index contributed by atoms with van der Waals surface area (Å²) in [6.07, 6.45) is 0.364. The van der Waals surface area contributed by atoms with Crippen molar-refractivity contribution in [1.29, 1.82) is 0 Å². The molecule has 0 saturated carbocycles. The van der Waals surface area contributed by atoms with E-state index in [9.17, 15) is 4.79 Å². The number of aliphatic hydroxyl groups excluding tert-OH is 1. The summed E-state index contributed by atoms with van der Waals surface area (Å²) in [5.41, 5.74) is 0.706. The normalized spacial score (nSPS) is 12.5. The number of aliphatic hydroxyl groups is 1. The van der Waals surface area contributed by atoms with Crippen molar-refractivity contribution in [2.75, 3.05) is 0 Å². The minimum Gasteiger partial charge on any atom is -0.393 e. The van der Waals surface area contributed by atoms with Gasteiger partial charge in [-0.15, -0.1) is 0 Å². The fourth-order valence-corrected chi connectivity index (χ4v) is 1.12. The van der Waals surface area contributed by atoms with E-state index < -0.39 is 6.10 Å². The van der Waals surface area contributed by atoms with Crippen molar-refractivity contribution < 1.29 is 14.4 Å². The van der Waals surface area contributed by atoms with Gasteiger partial charge in [0, 0.05) is 12.5 Å². The molecule has 0 aromatic carbocycles. The van der Waals surface area contributed by atoms with Gasteiger partial charge in [-0.1, -0.05) is 5.16 Å². The van der Waals surface area contributed by atoms with Gasteiger partial charge in [0.15, 0.2) is 0 Å². The number of aryl methyl sites for hydroxylation is 1. The van der Waals surface area contributed by atoms with Crippen LogP contribution in [0, 0.1) is 6.92 Å². The molecule has 0 aliphatic heterocycles. The fourth-order valence-electron chi connectivity index (χ4n) is 1.12. The number of carbonyl (C=O) groups excluding carboxylic acids is 1. The van der Waals surface area contributed by atoms with Crippen LogP contribution in [0.3, 0.4) is 0 Å². The molecule has 1 amide bonds. The van der Waals surface area contributed by atoms with Gasteiger partial charge in [-0.3, -0.25) is 4.79 Å². The molecular weight excluding hydrogens is 196 g/mol. The van der Waals surface area contributed by atoms with Crippen LogP contribution in [0.5, 0.6) is 0 Å². The minimum absolute atomic E-state index is 0.0865. The summed E-state index contributed by atoms with van der Waals surface area (Å²) in [7, 11) is 0. The number of nitrogens with one attached hydrogen (secondary N) is 1. The van der Waals surface area contributed by atoms with E-state index in [1.807, 2.05) is 0 Å². The van der Waals surface area contributed by atoms with E-state index in [2.05, 4.69) is 10.5 Å². The maximum absolute atomic E-state index is 11.2. The molecule has 1 rings (SSSR count). The van der Waals surface area contributed by atoms with Crippen LogP contribution in [0.4, 0.5) is 0 Å². The van der Waals surface area contributed by atoms with Crippen LogP contribution in [0.1, 0.15) is 31.2 Å². The summed E-state index contributed by atoms with van der Waals surface area (Å²) in [6.45, 7) is 3.83. The average Bonchev–Trinajstić information content (AvgIpc) is 2.58. The van der Waals surface area contributed by atoms with E-state index >= 15 is 0 Å². The number of carbonyl (C=O) groups is 1. The molecular formula is C10H16N2O3. The fraction of sp³-hybridized carbons (Fsp3) is 0.600. The third kappa shape index (κ3) is 4.60. The van der Waals surface area contributed by atoms with Gasteiger partial charge >= 0.3 is 0 Å². The molecule has 1 unspecified atom stereocenters. The van der Waals surface area contributed by atoms with Crippen molar-refractivity contribution in [3.8, 4) is 0 Å². The lowest BCUT2D eigenvalue weighted by Gasteiger charge is -2.04. The Hall–Kier alpha value is -1.36. The third-order valence-electron chi connectivity index (χ3n) is 1.93. The number of rotatable bonds is 5. The lowest BCUT2D eigenvalue weighted by molar-refractivity contribution is -0.121. The lowest BCUT2D eigenvalue weighted by atomic mass is 10.2. The molecule has 5 nitrogen and oxygen atoms in total. The van der Waals surface area contributed by atoms with E-state index in [-0.39, 0.29) is 5.91 Å². The highest BCUT2D eigenvalue weighted by atomic mass is 16.5. The molecule has 1 heterocycles. The molecule has 2 N–H and O–H groups in total. The Balaban J connectivity index is 2.22. The van der Waals surface area contributed by atoms with Crippen LogP contribution in [0.25, 0.3) is 0 Å². The van der Waals surface area contributed by atoms with Crippen molar-refractivity contribution in [2.45, 2.75) is 39.3 Å². The lowest BCUT2D eigenvalue weighted by Crippen LogP contribution is -2.23. The van der Waals surface area contributed by atoms with Crippen LogP contribution in [0.15, 0.2) is 10.6 Å². The van der Waals surface area contributed by atoms with Gasteiger partial charge in [0.2, 0.25) is 5.91 Å². The van der Waals surface area contributed by atoms with Crippen molar-refractivity contribution in [3.05, 3.63) is 17.5 Å². The van der Waals surface area contributed by atoms with Crippen molar-refractivity contribution >= 4 is 5.91 Å². The molecule has 15 heavy (non-hydrogen) atoms. The first kappa shape index (κ1) is 11.7. The quantitative estimate of drug-likeness (QED) is 0.755. The molecule has 84 valence electrons. The van der Waals surface area contributed by atoms with E-state index in [0.717, 1.165) is 5.76 Å². The largest absolute Gasteiger partial charge is 0.393 e. The zero-order valence-electron chi connectivity index (χ0n) is 8.99. The van der Waals surface area contributed by atoms with Crippen LogP contribution < -0.4 is 5.32 Å². The van der Waals surface area contributed by atoms with Gasteiger partial charge in [0.1, 0.15) is 11.5 Å². The molecule has 0 radical (unpaired) electrons. The monoisotopic (exact) mass is 212 g/mol. The summed E-state index contributed by atoms with van der Waals surface area (Å²) < 4.78 is 4.85. The Bertz CT molecular complexity index is 320. The Morgan fingerprint density at radius 3 is 3.00 bits per heavy atom. The molecule has 0 aliphatic rings. The van der Waals surface area contributed by atoms with Crippen molar-refractivity contribution in [1.82, 2.24) is 10.5 Å². The zero-order valence-corrected chi connectivity index (χ0v) is 8.99. The molecule has 0 aliphatic carbocycles. The molecule has 1 aromatic rings. The van der Waals surface area contributed by atoms with E-state index in [1.54, 1.807) is 19.9 Å². The Kier molecular flexibility index (Phi) is 4.30. The van der Waals surface area contributed by atoms with Gasteiger partial charge in [-0.25, -0.2) is 0 Å². The molecule has 0 saturated heterocycles. The molecule has 5 heteroatoms. The highest BCUT2D eigenvalue weighted by Crippen LogP contribution is 2.01. The average molecular weight is 212 g/mol. The first-order valence-electron chi connectivity index (χ1n) is 4.95. The highest BCUT2D eigenvalue weighted by Gasteiger charge is 2.05. The minimum atomic E-state index is -0.440. The molecule has 0 fully saturated rings. The summed E-state index contributed by atoms with van der Waals surface area (Å²) in [5.74, 6) is 0.639. The first-order valence-corrected chi connectivity index (χ1v) is 4.95. The second-order valence-electron chi connectivity index (χ2n) is 3.59. The highest BCUT2D eigenvalue weighted by molar-refractivity contribution is 5.75. The van der Waals surface area contributed by atoms with Crippen LogP contribution >= 0.6 is 0 Å². The number of nitrogens with zero attached hydrogens (tertiary/aromatic N) is 1. The predicted octanol–water partition coefficient (Wildman–Crippen LogP) is 0.760. The molecule has 1 atom stereocenters. The van der Waals surface area contributed by atoms with Crippen molar-refractivity contribution in [3.63, 3.8) is 0 Å². The van der Waals surface area contributed by atoms with E-state index in [4.69, 9.17) is 9.63 Å². The smallest absolute Gasteiger partial charge is 0.220 e. The van der Waals surface area contributed by atoms with E-state index in [1.165, 1.54) is 0 Å². The molecule has 0 bridgehead atoms. The summed E-state index contributed by atoms with van der Waals surface area (Å²) in [5, 5.41) is 15.4. The zero-order chi connectivity index (χ0) is 11.3. The summed E-state index contributed by atoms with van der Waals surface area (Å²) >= 11 is 0. The Labute approximate surface area is 88.5 Å². The van der Waals surface area contributed by atoms with E-state index in [0.29, 0.717) is 25.1 Å². The second-order valence-corrected chi connectivity index (χ2v) is 3.59. The maximum atomic E-state index is 11.2. The number of aromatic nitrogens is 1. The van der Waals surface area contributed by atoms with Crippen LogP contribution in [-0.4, -0.2) is 22.3 Å². The van der Waals surface area contributed by atoms with Crippen LogP contribution in [-0.2, 0) is 11.3 Å². The molecule has 0 spiro atoms. The maximum Gasteiger partial charge on any atom is 0.220 e. The predicted molar refractivity (Wildman–Crippen MR) is 54.0 cm³/mol. The first-order chi connectivity index (χ1) is 7.08. The Morgan fingerprint density at radius 1 is 1.73 bits per heavy atom. The summed E-state index contributed by atoms with van der Waals surface area (Å²) in [6, 6.07) is 1.77. The number of amides is 1. The number of hydrogen-bond acceptors (Lipinski definition) is 4. The van der Waals surface area contributed by atoms with Gasteiger partial charge in [0.25, 0.3) is 0 Å². The van der Waals surface area contributed by atoms with Gasteiger partial charge in [-0.2, -0.15) is 0 Å². The summed E-state index contributed by atoms with van der Waals surface area (Å²) in [4.78, 5) is 11.2. The van der Waals surface area contributed by atoms with Gasteiger partial charge in [-0.05, 0) is 20.3 Å². The molecule has 1 aromatic heterocycles. The van der Waals surface area contributed by atoms with Gasteiger partial charge < -0.3 is 14.9 Å². The van der Waals surface area contributed by atoms with Crippen LogP contribution in [0.2, 0.25) is 0 Å². The van der Waals surface area contributed by atoms with Crippen molar-refractivity contribution in [2.24, 2.45) is 0 Å². The second kappa shape index (κ2) is 5.50. The number of hydrogen-bond donors (Lipinski definition) is 2. The Morgan fingerprint density at radius 2 is 2.47 bits per heavy atom. The standard InChI is InChI=1S/C10H16N2O3/c1-7(13)3-4-10(14)11-6-9-5-8(2)15-12-9/h5,7,13H,3-4,6H2,1-2H3,(H,11,14). The SMILES string of the molecule is Cc1cc(CNC(=O)CCC(C)O)no1. The third-order valence-corrected chi connectivity index (χ3v) is 1.93.